The van der Waals surface area contributed by atoms with E-state index < -0.39 is 6.09 Å². The summed E-state index contributed by atoms with van der Waals surface area (Å²) in [4.78, 5) is 13.0. The maximum absolute atomic E-state index is 11.5. The van der Waals surface area contributed by atoms with Crippen molar-refractivity contribution in [3.63, 3.8) is 0 Å². The van der Waals surface area contributed by atoms with Gasteiger partial charge < -0.3 is 5.11 Å². The molecule has 0 aromatic heterocycles. The molecule has 0 bridgehead atoms. The quantitative estimate of drug-likeness (QED) is 0.652. The van der Waals surface area contributed by atoms with Gasteiger partial charge in [-0.15, -0.1) is 0 Å². The highest BCUT2D eigenvalue weighted by Gasteiger charge is 2.32. The van der Waals surface area contributed by atoms with Crippen molar-refractivity contribution in [2.75, 3.05) is 4.90 Å². The van der Waals surface area contributed by atoms with Gasteiger partial charge in [0, 0.05) is 9.61 Å². The van der Waals surface area contributed by atoms with Crippen LogP contribution >= 0.6 is 22.6 Å². The maximum Gasteiger partial charge on any atom is 0.412 e. The predicted molar refractivity (Wildman–Crippen MR) is 77.0 cm³/mol. The summed E-state index contributed by atoms with van der Waals surface area (Å²) in [6, 6.07) is 9.53. The third-order valence-corrected chi connectivity index (χ3v) is 4.67. The van der Waals surface area contributed by atoms with E-state index in [2.05, 4.69) is 22.6 Å². The number of carboxylic acid groups (broad SMARTS) is 1. The van der Waals surface area contributed by atoms with Gasteiger partial charge in [-0.1, -0.05) is 53.6 Å². The van der Waals surface area contributed by atoms with Gasteiger partial charge in [0.1, 0.15) is 0 Å². The van der Waals surface area contributed by atoms with Crippen molar-refractivity contribution in [2.24, 2.45) is 0 Å². The molecule has 1 aromatic rings. The van der Waals surface area contributed by atoms with Crippen molar-refractivity contribution in [3.8, 4) is 0 Å². The summed E-state index contributed by atoms with van der Waals surface area (Å²) in [5, 5.41) is 9.42. The molecule has 2 unspecified atom stereocenters. The van der Waals surface area contributed by atoms with Crippen LogP contribution in [0.25, 0.3) is 0 Å². The number of carbonyl (C=O) groups is 1. The lowest BCUT2D eigenvalue weighted by Crippen LogP contribution is -2.46. The molecule has 2 atom stereocenters. The maximum atomic E-state index is 11.5. The highest BCUT2D eigenvalue weighted by Crippen LogP contribution is 2.31. The first-order chi connectivity index (χ1) is 8.20. The Bertz CT molecular complexity index is 382. The molecular weight excluding hydrogens is 329 g/mol. The SMILES string of the molecule is O=C(O)N(c1ccccc1)C1CCCCC1I. The van der Waals surface area contributed by atoms with Crippen molar-refractivity contribution in [2.45, 2.75) is 35.6 Å². The lowest BCUT2D eigenvalue weighted by molar-refractivity contribution is 0.197. The molecule has 92 valence electrons. The van der Waals surface area contributed by atoms with Crippen LogP contribution in [0.1, 0.15) is 25.7 Å². The topological polar surface area (TPSA) is 40.5 Å². The number of hydrogen-bond acceptors (Lipinski definition) is 1. The first-order valence-electron chi connectivity index (χ1n) is 5.91. The van der Waals surface area contributed by atoms with Gasteiger partial charge in [-0.25, -0.2) is 4.79 Å². The number of alkyl halides is 1. The van der Waals surface area contributed by atoms with Gasteiger partial charge >= 0.3 is 6.09 Å². The van der Waals surface area contributed by atoms with E-state index in [0.717, 1.165) is 24.9 Å². The normalized spacial score (nSPS) is 24.3. The molecule has 0 saturated heterocycles. The minimum Gasteiger partial charge on any atom is -0.465 e. The van der Waals surface area contributed by atoms with E-state index in [0.29, 0.717) is 3.92 Å². The van der Waals surface area contributed by atoms with Crippen LogP contribution in [0.15, 0.2) is 30.3 Å². The molecule has 3 nitrogen and oxygen atoms in total. The summed E-state index contributed by atoms with van der Waals surface area (Å²) in [7, 11) is 0. The third-order valence-electron chi connectivity index (χ3n) is 3.22. The van der Waals surface area contributed by atoms with E-state index in [9.17, 15) is 9.90 Å². The lowest BCUT2D eigenvalue weighted by atomic mass is 9.94. The number of rotatable bonds is 2. The van der Waals surface area contributed by atoms with Crippen molar-refractivity contribution in [1.82, 2.24) is 0 Å². The van der Waals surface area contributed by atoms with Gasteiger partial charge in [0.05, 0.1) is 6.04 Å². The van der Waals surface area contributed by atoms with Crippen molar-refractivity contribution >= 4 is 34.4 Å². The van der Waals surface area contributed by atoms with Gasteiger partial charge in [0.15, 0.2) is 0 Å². The number of para-hydroxylation sites is 1. The van der Waals surface area contributed by atoms with Crippen LogP contribution in [0.5, 0.6) is 0 Å². The summed E-state index contributed by atoms with van der Waals surface area (Å²) in [6.07, 6.45) is 3.58. The van der Waals surface area contributed by atoms with Crippen molar-refractivity contribution in [3.05, 3.63) is 30.3 Å². The number of amides is 1. The minimum absolute atomic E-state index is 0.115. The second-order valence-corrected chi connectivity index (χ2v) is 5.96. The summed E-state index contributed by atoms with van der Waals surface area (Å²) < 4.78 is 0.414. The standard InChI is InChI=1S/C13H16INO2/c14-11-8-4-5-9-12(11)15(13(16)17)10-6-2-1-3-7-10/h1-3,6-7,11-12H,4-5,8-9H2,(H,16,17). The smallest absolute Gasteiger partial charge is 0.412 e. The van der Waals surface area contributed by atoms with E-state index >= 15 is 0 Å². The van der Waals surface area contributed by atoms with E-state index in [1.165, 1.54) is 11.3 Å². The molecule has 0 heterocycles. The van der Waals surface area contributed by atoms with Crippen molar-refractivity contribution < 1.29 is 9.90 Å². The van der Waals surface area contributed by atoms with Gasteiger partial charge in [-0.2, -0.15) is 0 Å². The first kappa shape index (κ1) is 12.7. The Morgan fingerprint density at radius 2 is 1.88 bits per heavy atom. The lowest BCUT2D eigenvalue weighted by Gasteiger charge is -2.35. The molecule has 17 heavy (non-hydrogen) atoms. The molecule has 1 N–H and O–H groups in total. The van der Waals surface area contributed by atoms with Gasteiger partial charge in [0.25, 0.3) is 0 Å². The van der Waals surface area contributed by atoms with Crippen LogP contribution in [-0.2, 0) is 0 Å². The predicted octanol–water partition coefficient (Wildman–Crippen LogP) is 3.92. The Morgan fingerprint density at radius 1 is 1.24 bits per heavy atom. The Kier molecular flexibility index (Phi) is 4.25. The Balaban J connectivity index is 2.26. The molecule has 1 amide bonds. The molecule has 1 aliphatic carbocycles. The van der Waals surface area contributed by atoms with Crippen molar-refractivity contribution in [1.29, 1.82) is 0 Å². The first-order valence-corrected chi connectivity index (χ1v) is 7.16. The van der Waals surface area contributed by atoms with E-state index in [4.69, 9.17) is 0 Å². The number of benzene rings is 1. The fourth-order valence-corrected chi connectivity index (χ4v) is 3.51. The van der Waals surface area contributed by atoms with Crippen LogP contribution in [-0.4, -0.2) is 21.2 Å². The summed E-state index contributed by atoms with van der Waals surface area (Å²) in [5.41, 5.74) is 0.786. The fraction of sp³-hybridized carbons (Fsp3) is 0.462. The molecule has 0 spiro atoms. The third kappa shape index (κ3) is 2.91. The van der Waals surface area contributed by atoms with Crippen LogP contribution in [0.3, 0.4) is 0 Å². The second-order valence-electron chi connectivity index (χ2n) is 4.36. The molecule has 4 heteroatoms. The molecule has 0 radical (unpaired) electrons. The molecule has 1 saturated carbocycles. The Morgan fingerprint density at radius 3 is 2.47 bits per heavy atom. The summed E-state index contributed by atoms with van der Waals surface area (Å²) in [5.74, 6) is 0. The Labute approximate surface area is 115 Å². The second kappa shape index (κ2) is 5.71. The number of nitrogens with zero attached hydrogens (tertiary/aromatic N) is 1. The summed E-state index contributed by atoms with van der Waals surface area (Å²) >= 11 is 2.39. The fourth-order valence-electron chi connectivity index (χ4n) is 2.39. The van der Waals surface area contributed by atoms with Gasteiger partial charge in [-0.05, 0) is 25.0 Å². The average molecular weight is 345 g/mol. The minimum atomic E-state index is -0.843. The monoisotopic (exact) mass is 345 g/mol. The van der Waals surface area contributed by atoms with Gasteiger partial charge in [-0.3, -0.25) is 4.90 Å². The van der Waals surface area contributed by atoms with E-state index in [1.807, 2.05) is 30.3 Å². The average Bonchev–Trinajstić information content (AvgIpc) is 2.33. The highest BCUT2D eigenvalue weighted by molar-refractivity contribution is 14.1. The molecule has 0 aliphatic heterocycles. The largest absolute Gasteiger partial charge is 0.465 e. The molecule has 1 aliphatic rings. The molecule has 2 rings (SSSR count). The molecule has 1 aromatic carbocycles. The number of hydrogen-bond donors (Lipinski definition) is 1. The number of halogens is 1. The zero-order chi connectivity index (χ0) is 12.3. The zero-order valence-corrected chi connectivity index (χ0v) is 11.7. The van der Waals surface area contributed by atoms with E-state index in [-0.39, 0.29) is 6.04 Å². The highest BCUT2D eigenvalue weighted by atomic mass is 127. The van der Waals surface area contributed by atoms with Crippen LogP contribution in [0.4, 0.5) is 10.5 Å². The molecule has 1 fully saturated rings. The van der Waals surface area contributed by atoms with Crippen LogP contribution < -0.4 is 4.90 Å². The summed E-state index contributed by atoms with van der Waals surface area (Å²) in [6.45, 7) is 0. The zero-order valence-electron chi connectivity index (χ0n) is 9.55. The number of anilines is 1. The van der Waals surface area contributed by atoms with Crippen LogP contribution in [0, 0.1) is 0 Å². The van der Waals surface area contributed by atoms with E-state index in [1.54, 1.807) is 0 Å². The molecular formula is C13H16INO2. The Hall–Kier alpha value is -0.780. The van der Waals surface area contributed by atoms with Crippen LogP contribution in [0.2, 0.25) is 0 Å². The van der Waals surface area contributed by atoms with Gasteiger partial charge in [0.2, 0.25) is 0 Å².